The average molecular weight is 430 g/mol. The van der Waals surface area contributed by atoms with Crippen molar-refractivity contribution in [2.45, 2.75) is 32.7 Å². The Morgan fingerprint density at radius 2 is 1.88 bits per heavy atom. The van der Waals surface area contributed by atoms with E-state index in [2.05, 4.69) is 50.0 Å². The van der Waals surface area contributed by atoms with Crippen LogP contribution >= 0.6 is 27.5 Å². The van der Waals surface area contributed by atoms with Crippen LogP contribution in [0.25, 0.3) is 11.3 Å². The minimum absolute atomic E-state index is 0.0686. The molecular formula is C17H22BrClN4O2. The van der Waals surface area contributed by atoms with Gasteiger partial charge in [-0.05, 0) is 40.9 Å². The van der Waals surface area contributed by atoms with Crippen molar-refractivity contribution >= 4 is 33.3 Å². The third-order valence-corrected chi connectivity index (χ3v) is 4.35. The molecule has 0 bridgehead atoms. The van der Waals surface area contributed by atoms with Gasteiger partial charge in [-0.3, -0.25) is 0 Å². The van der Waals surface area contributed by atoms with E-state index in [1.165, 1.54) is 0 Å². The second-order valence-electron chi connectivity index (χ2n) is 5.95. The first kappa shape index (κ1) is 19.9. The molecule has 1 atom stereocenters. The zero-order chi connectivity index (χ0) is 18.6. The summed E-state index contributed by atoms with van der Waals surface area (Å²) in [4.78, 5) is 13.5. The van der Waals surface area contributed by atoms with Gasteiger partial charge in [-0.15, -0.1) is 0 Å². The Balaban J connectivity index is 2.42. The molecular weight excluding hydrogens is 408 g/mol. The lowest BCUT2D eigenvalue weighted by molar-refractivity contribution is 0.190. The van der Waals surface area contributed by atoms with Crippen molar-refractivity contribution in [3.63, 3.8) is 0 Å². The van der Waals surface area contributed by atoms with E-state index in [4.69, 9.17) is 21.1 Å². The summed E-state index contributed by atoms with van der Waals surface area (Å²) in [6, 6.07) is 3.92. The predicted octanol–water partition coefficient (Wildman–Crippen LogP) is 4.53. The summed E-state index contributed by atoms with van der Waals surface area (Å²) in [6.45, 7) is 6.68. The first-order valence-corrected chi connectivity index (χ1v) is 9.08. The van der Waals surface area contributed by atoms with E-state index in [0.717, 1.165) is 5.69 Å². The summed E-state index contributed by atoms with van der Waals surface area (Å²) in [5, 5.41) is 3.48. The highest BCUT2D eigenvalue weighted by Crippen LogP contribution is 2.35. The fraction of sp³-hybridized carbons (Fsp3) is 0.471. The molecule has 0 aliphatic heterocycles. The average Bonchev–Trinajstić information content (AvgIpc) is 2.57. The molecule has 6 nitrogen and oxygen atoms in total. The molecule has 1 N–H and O–H groups in total. The van der Waals surface area contributed by atoms with Crippen molar-refractivity contribution in [2.24, 2.45) is 0 Å². The summed E-state index contributed by atoms with van der Waals surface area (Å²) >= 11 is 9.82. The lowest BCUT2D eigenvalue weighted by Crippen LogP contribution is -2.22. The Morgan fingerprint density at radius 1 is 1.16 bits per heavy atom. The molecule has 0 saturated carbocycles. The normalized spacial score (nSPS) is 12.3. The standard InChI is InChI=1S/C17H22BrClN4O2/c1-9(2)12-7-6-11(17(21-12)25-5)13-15(19)23-16(14(18)22-13)20-10(3)8-24-4/h6-7,9-10H,8H2,1-5H3,(H,20,23)/t10-/m0/s1. The van der Waals surface area contributed by atoms with Crippen molar-refractivity contribution < 1.29 is 9.47 Å². The monoisotopic (exact) mass is 428 g/mol. The molecule has 2 heterocycles. The molecule has 2 aromatic heterocycles. The van der Waals surface area contributed by atoms with Crippen LogP contribution < -0.4 is 10.1 Å². The summed E-state index contributed by atoms with van der Waals surface area (Å²) in [5.74, 6) is 1.33. The summed E-state index contributed by atoms with van der Waals surface area (Å²) < 4.78 is 11.1. The van der Waals surface area contributed by atoms with E-state index in [-0.39, 0.29) is 11.2 Å². The van der Waals surface area contributed by atoms with Crippen molar-refractivity contribution in [1.82, 2.24) is 15.0 Å². The molecule has 2 rings (SSSR count). The minimum Gasteiger partial charge on any atom is -0.480 e. The molecule has 0 radical (unpaired) electrons. The molecule has 0 fully saturated rings. The van der Waals surface area contributed by atoms with Crippen molar-refractivity contribution in [3.05, 3.63) is 27.6 Å². The Hall–Kier alpha value is -1.44. The van der Waals surface area contributed by atoms with Crippen molar-refractivity contribution in [2.75, 3.05) is 26.1 Å². The number of ether oxygens (including phenoxy) is 2. The Labute approximate surface area is 161 Å². The summed E-state index contributed by atoms with van der Waals surface area (Å²) in [5.41, 5.74) is 2.15. The Morgan fingerprint density at radius 3 is 2.48 bits per heavy atom. The van der Waals surface area contributed by atoms with Crippen molar-refractivity contribution in [3.8, 4) is 17.1 Å². The maximum absolute atomic E-state index is 6.38. The lowest BCUT2D eigenvalue weighted by Gasteiger charge is -2.16. The second kappa shape index (κ2) is 8.78. The van der Waals surface area contributed by atoms with E-state index < -0.39 is 0 Å². The van der Waals surface area contributed by atoms with Gasteiger partial charge >= 0.3 is 0 Å². The van der Waals surface area contributed by atoms with Crippen LogP contribution in [0.4, 0.5) is 5.82 Å². The van der Waals surface area contributed by atoms with Crippen LogP contribution in [0.15, 0.2) is 16.7 Å². The molecule has 0 aliphatic carbocycles. The smallest absolute Gasteiger partial charge is 0.223 e. The summed E-state index contributed by atoms with van der Waals surface area (Å²) in [6.07, 6.45) is 0. The fourth-order valence-electron chi connectivity index (χ4n) is 2.29. The third kappa shape index (κ3) is 4.80. The Bertz CT molecular complexity index is 743. The number of nitrogens with zero attached hydrogens (tertiary/aromatic N) is 3. The van der Waals surface area contributed by atoms with Crippen molar-refractivity contribution in [1.29, 1.82) is 0 Å². The molecule has 0 aliphatic rings. The van der Waals surface area contributed by atoms with Gasteiger partial charge in [-0.2, -0.15) is 0 Å². The molecule has 0 saturated heterocycles. The first-order chi connectivity index (χ1) is 11.9. The zero-order valence-corrected chi connectivity index (χ0v) is 17.3. The lowest BCUT2D eigenvalue weighted by atomic mass is 10.1. The number of rotatable bonds is 7. The van der Waals surface area contributed by atoms with Crippen LogP contribution in [-0.2, 0) is 4.74 Å². The Kier molecular flexibility index (Phi) is 6.98. The topological polar surface area (TPSA) is 69.2 Å². The van der Waals surface area contributed by atoms with Crippen LogP contribution in [0.1, 0.15) is 32.4 Å². The number of pyridine rings is 1. The number of anilines is 1. The molecule has 25 heavy (non-hydrogen) atoms. The highest BCUT2D eigenvalue weighted by Gasteiger charge is 2.18. The first-order valence-electron chi connectivity index (χ1n) is 7.91. The maximum atomic E-state index is 6.38. The number of nitrogens with one attached hydrogen (secondary N) is 1. The van der Waals surface area contributed by atoms with Gasteiger partial charge in [-0.1, -0.05) is 25.4 Å². The SMILES string of the molecule is COC[C@H](C)Nc1nc(Cl)c(-c2ccc(C(C)C)nc2OC)nc1Br. The molecule has 8 heteroatoms. The molecule has 0 unspecified atom stereocenters. The van der Waals surface area contributed by atoms with Gasteiger partial charge in [0.25, 0.3) is 0 Å². The third-order valence-electron chi connectivity index (χ3n) is 3.53. The van der Waals surface area contributed by atoms with Gasteiger partial charge in [0.2, 0.25) is 5.88 Å². The van der Waals surface area contributed by atoms with Crippen LogP contribution in [0.5, 0.6) is 5.88 Å². The van der Waals surface area contributed by atoms with Crippen LogP contribution in [0, 0.1) is 0 Å². The fourth-order valence-corrected chi connectivity index (χ4v) is 2.90. The van der Waals surface area contributed by atoms with Gasteiger partial charge in [0.1, 0.15) is 10.3 Å². The number of methoxy groups -OCH3 is 2. The summed E-state index contributed by atoms with van der Waals surface area (Å²) in [7, 11) is 3.23. The van der Waals surface area contributed by atoms with Gasteiger partial charge in [0.05, 0.1) is 19.3 Å². The van der Waals surface area contributed by atoms with Crippen LogP contribution in [0.2, 0.25) is 5.15 Å². The zero-order valence-electron chi connectivity index (χ0n) is 14.9. The largest absolute Gasteiger partial charge is 0.480 e. The van der Waals surface area contributed by atoms with Gasteiger partial charge < -0.3 is 14.8 Å². The highest BCUT2D eigenvalue weighted by molar-refractivity contribution is 9.10. The van der Waals surface area contributed by atoms with E-state index in [1.54, 1.807) is 14.2 Å². The number of halogens is 2. The van der Waals surface area contributed by atoms with E-state index in [1.807, 2.05) is 19.1 Å². The number of aromatic nitrogens is 3. The van der Waals surface area contributed by atoms with Crippen LogP contribution in [0.3, 0.4) is 0 Å². The quantitative estimate of drug-likeness (QED) is 0.697. The van der Waals surface area contributed by atoms with E-state index >= 15 is 0 Å². The number of hydrogen-bond acceptors (Lipinski definition) is 6. The molecule has 0 spiro atoms. The van der Waals surface area contributed by atoms with Gasteiger partial charge in [-0.25, -0.2) is 15.0 Å². The maximum Gasteiger partial charge on any atom is 0.223 e. The van der Waals surface area contributed by atoms with E-state index in [9.17, 15) is 0 Å². The molecule has 2 aromatic rings. The second-order valence-corrected chi connectivity index (χ2v) is 7.06. The highest BCUT2D eigenvalue weighted by atomic mass is 79.9. The van der Waals surface area contributed by atoms with Crippen LogP contribution in [-0.4, -0.2) is 41.8 Å². The molecule has 136 valence electrons. The number of hydrogen-bond donors (Lipinski definition) is 1. The molecule has 0 amide bonds. The van der Waals surface area contributed by atoms with Gasteiger partial charge in [0, 0.05) is 18.8 Å². The minimum atomic E-state index is 0.0686. The van der Waals surface area contributed by atoms with Gasteiger partial charge in [0.15, 0.2) is 11.0 Å². The predicted molar refractivity (Wildman–Crippen MR) is 104 cm³/mol. The van der Waals surface area contributed by atoms with E-state index in [0.29, 0.717) is 40.1 Å². The molecule has 0 aromatic carbocycles.